The topological polar surface area (TPSA) is 113 Å². The fourth-order valence-corrected chi connectivity index (χ4v) is 3.34. The van der Waals surface area contributed by atoms with E-state index in [0.717, 1.165) is 4.31 Å². The average Bonchev–Trinajstić information content (AvgIpc) is 2.38. The second-order valence-electron chi connectivity index (χ2n) is 4.61. The van der Waals surface area contributed by atoms with E-state index in [-0.39, 0.29) is 32.5 Å². The Morgan fingerprint density at radius 2 is 1.95 bits per heavy atom. The van der Waals surface area contributed by atoms with Gasteiger partial charge in [-0.05, 0) is 26.7 Å². The number of carboxylic acid groups (broad SMARTS) is 1. The number of piperidine rings is 1. The lowest BCUT2D eigenvalue weighted by molar-refractivity contribution is -0.144. The molecule has 1 unspecified atom stereocenters. The molecule has 20 heavy (non-hydrogen) atoms. The van der Waals surface area contributed by atoms with Crippen LogP contribution in [0.1, 0.15) is 26.7 Å². The van der Waals surface area contributed by atoms with Crippen molar-refractivity contribution in [3.63, 3.8) is 0 Å². The summed E-state index contributed by atoms with van der Waals surface area (Å²) in [6.45, 7) is 3.47. The summed E-state index contributed by atoms with van der Waals surface area (Å²) in [4.78, 5) is 22.2. The number of aliphatic carboxylic acids is 1. The summed E-state index contributed by atoms with van der Waals surface area (Å²) < 4.78 is 32.2. The van der Waals surface area contributed by atoms with Crippen LogP contribution in [-0.4, -0.2) is 55.5 Å². The lowest BCUT2D eigenvalue weighted by atomic mass is 9.99. The molecule has 1 aliphatic rings. The Kier molecular flexibility index (Phi) is 5.90. The lowest BCUT2D eigenvalue weighted by Crippen LogP contribution is -2.50. The van der Waals surface area contributed by atoms with Crippen LogP contribution in [0.5, 0.6) is 0 Å². The Morgan fingerprint density at radius 1 is 1.40 bits per heavy atom. The van der Waals surface area contributed by atoms with Crippen molar-refractivity contribution < 1.29 is 27.9 Å². The summed E-state index contributed by atoms with van der Waals surface area (Å²) in [6.07, 6.45) is 0.536. The van der Waals surface area contributed by atoms with Crippen molar-refractivity contribution in [2.45, 2.75) is 32.7 Å². The molecule has 0 bridgehead atoms. The minimum absolute atomic E-state index is 0.127. The van der Waals surface area contributed by atoms with E-state index in [4.69, 9.17) is 9.84 Å². The molecular weight excluding hydrogens is 288 g/mol. The monoisotopic (exact) mass is 308 g/mol. The molecule has 1 saturated heterocycles. The van der Waals surface area contributed by atoms with Crippen molar-refractivity contribution in [2.75, 3.05) is 19.7 Å². The van der Waals surface area contributed by atoms with Crippen molar-refractivity contribution in [1.82, 2.24) is 9.03 Å². The van der Waals surface area contributed by atoms with Gasteiger partial charge >= 0.3 is 11.9 Å². The SMILES string of the molecule is CCOC(=O)C(C)NS(=O)(=O)N1CCC(C(=O)O)CC1. The van der Waals surface area contributed by atoms with Crippen molar-refractivity contribution in [3.8, 4) is 0 Å². The highest BCUT2D eigenvalue weighted by Gasteiger charge is 2.32. The molecule has 1 atom stereocenters. The van der Waals surface area contributed by atoms with Crippen LogP contribution in [0.15, 0.2) is 0 Å². The smallest absolute Gasteiger partial charge is 0.323 e. The minimum atomic E-state index is -3.81. The molecule has 2 N–H and O–H groups in total. The van der Waals surface area contributed by atoms with Gasteiger partial charge in [-0.3, -0.25) is 9.59 Å². The van der Waals surface area contributed by atoms with Crippen molar-refractivity contribution in [3.05, 3.63) is 0 Å². The summed E-state index contributed by atoms with van der Waals surface area (Å²) in [7, 11) is -3.81. The zero-order chi connectivity index (χ0) is 15.3. The molecule has 8 nitrogen and oxygen atoms in total. The van der Waals surface area contributed by atoms with Gasteiger partial charge in [0.1, 0.15) is 6.04 Å². The molecule has 0 radical (unpaired) electrons. The first-order valence-corrected chi connectivity index (χ1v) is 7.88. The summed E-state index contributed by atoms with van der Waals surface area (Å²) >= 11 is 0. The predicted octanol–water partition coefficient (Wildman–Crippen LogP) is -0.431. The summed E-state index contributed by atoms with van der Waals surface area (Å²) in [6, 6.07) is -0.975. The number of nitrogens with one attached hydrogen (secondary N) is 1. The first-order chi connectivity index (χ1) is 9.27. The number of hydrogen-bond donors (Lipinski definition) is 2. The normalized spacial score (nSPS) is 19.5. The molecule has 1 fully saturated rings. The van der Waals surface area contributed by atoms with Gasteiger partial charge in [0.05, 0.1) is 12.5 Å². The third kappa shape index (κ3) is 4.43. The van der Waals surface area contributed by atoms with E-state index >= 15 is 0 Å². The Balaban J connectivity index is 2.58. The van der Waals surface area contributed by atoms with Crippen LogP contribution >= 0.6 is 0 Å². The molecule has 116 valence electrons. The summed E-state index contributed by atoms with van der Waals surface area (Å²) in [5, 5.41) is 8.86. The zero-order valence-corrected chi connectivity index (χ0v) is 12.4. The number of nitrogens with zero attached hydrogens (tertiary/aromatic N) is 1. The number of hydrogen-bond acceptors (Lipinski definition) is 5. The van der Waals surface area contributed by atoms with Gasteiger partial charge in [0.2, 0.25) is 0 Å². The van der Waals surface area contributed by atoms with Gasteiger partial charge in [0, 0.05) is 13.1 Å². The second kappa shape index (κ2) is 7.00. The minimum Gasteiger partial charge on any atom is -0.481 e. The van der Waals surface area contributed by atoms with Crippen LogP contribution < -0.4 is 4.72 Å². The quantitative estimate of drug-likeness (QED) is 0.644. The Labute approximate surface area is 118 Å². The van der Waals surface area contributed by atoms with Gasteiger partial charge in [-0.25, -0.2) is 0 Å². The molecule has 1 heterocycles. The van der Waals surface area contributed by atoms with E-state index in [1.165, 1.54) is 6.92 Å². The fraction of sp³-hybridized carbons (Fsp3) is 0.818. The van der Waals surface area contributed by atoms with Gasteiger partial charge in [-0.2, -0.15) is 17.4 Å². The van der Waals surface area contributed by atoms with E-state index in [2.05, 4.69) is 4.72 Å². The maximum Gasteiger partial charge on any atom is 0.323 e. The Morgan fingerprint density at radius 3 is 2.40 bits per heavy atom. The van der Waals surface area contributed by atoms with E-state index in [1.807, 2.05) is 0 Å². The highest BCUT2D eigenvalue weighted by Crippen LogP contribution is 2.19. The van der Waals surface area contributed by atoms with E-state index in [9.17, 15) is 18.0 Å². The van der Waals surface area contributed by atoms with Gasteiger partial charge in [0.25, 0.3) is 10.2 Å². The standard InChI is InChI=1S/C11H20N2O6S/c1-3-19-11(16)8(2)12-20(17,18)13-6-4-9(5-7-13)10(14)15/h8-9,12H,3-7H2,1-2H3,(H,14,15). The average molecular weight is 308 g/mol. The van der Waals surface area contributed by atoms with Gasteiger partial charge in [-0.1, -0.05) is 0 Å². The van der Waals surface area contributed by atoms with Gasteiger partial charge in [-0.15, -0.1) is 0 Å². The number of carbonyl (C=O) groups excluding carboxylic acids is 1. The molecule has 9 heteroatoms. The third-order valence-electron chi connectivity index (χ3n) is 3.11. The third-order valence-corrected chi connectivity index (χ3v) is 4.81. The number of carbonyl (C=O) groups is 2. The van der Waals surface area contributed by atoms with Gasteiger partial charge in [0.15, 0.2) is 0 Å². The molecule has 0 saturated carbocycles. The van der Waals surface area contributed by atoms with E-state index in [1.54, 1.807) is 6.92 Å². The number of ether oxygens (including phenoxy) is 1. The van der Waals surface area contributed by atoms with Crippen LogP contribution in [0.3, 0.4) is 0 Å². The van der Waals surface area contributed by atoms with E-state index < -0.39 is 34.1 Å². The Hall–Kier alpha value is -1.19. The molecule has 0 aliphatic carbocycles. The largest absolute Gasteiger partial charge is 0.481 e. The number of esters is 1. The molecule has 1 aliphatic heterocycles. The highest BCUT2D eigenvalue weighted by atomic mass is 32.2. The molecule has 0 aromatic heterocycles. The zero-order valence-electron chi connectivity index (χ0n) is 11.5. The first-order valence-electron chi connectivity index (χ1n) is 6.44. The molecule has 0 amide bonds. The maximum absolute atomic E-state index is 12.0. The van der Waals surface area contributed by atoms with Crippen LogP contribution in [0.2, 0.25) is 0 Å². The van der Waals surface area contributed by atoms with Crippen LogP contribution in [0.25, 0.3) is 0 Å². The van der Waals surface area contributed by atoms with Crippen molar-refractivity contribution >= 4 is 22.1 Å². The molecule has 0 spiro atoms. The first kappa shape index (κ1) is 16.9. The second-order valence-corrected chi connectivity index (χ2v) is 6.31. The number of rotatable bonds is 6. The maximum atomic E-state index is 12.0. The van der Waals surface area contributed by atoms with Crippen molar-refractivity contribution in [2.24, 2.45) is 5.92 Å². The molecule has 0 aromatic rings. The van der Waals surface area contributed by atoms with Crippen LogP contribution in [0, 0.1) is 5.92 Å². The van der Waals surface area contributed by atoms with Crippen LogP contribution in [0.4, 0.5) is 0 Å². The molecule has 1 rings (SSSR count). The van der Waals surface area contributed by atoms with Crippen molar-refractivity contribution in [1.29, 1.82) is 0 Å². The summed E-state index contributed by atoms with van der Waals surface area (Å²) in [5.41, 5.74) is 0. The fourth-order valence-electron chi connectivity index (χ4n) is 1.96. The highest BCUT2D eigenvalue weighted by molar-refractivity contribution is 7.87. The lowest BCUT2D eigenvalue weighted by Gasteiger charge is -2.30. The summed E-state index contributed by atoms with van der Waals surface area (Å²) in [5.74, 6) is -2.06. The Bertz CT molecular complexity index is 456. The van der Waals surface area contributed by atoms with Gasteiger partial charge < -0.3 is 9.84 Å². The molecular formula is C11H20N2O6S. The van der Waals surface area contributed by atoms with E-state index in [0.29, 0.717) is 0 Å². The number of carboxylic acids is 1. The molecule has 0 aromatic carbocycles. The predicted molar refractivity (Wildman–Crippen MR) is 70.1 cm³/mol. The van der Waals surface area contributed by atoms with Crippen LogP contribution in [-0.2, 0) is 24.5 Å².